The van der Waals surface area contributed by atoms with Crippen molar-refractivity contribution < 1.29 is 9.53 Å². The van der Waals surface area contributed by atoms with Crippen molar-refractivity contribution in [2.75, 3.05) is 11.9 Å². The van der Waals surface area contributed by atoms with Crippen molar-refractivity contribution in [3.8, 4) is 0 Å². The Hall–Kier alpha value is -1.88. The Labute approximate surface area is 92.0 Å². The van der Waals surface area contributed by atoms with E-state index in [9.17, 15) is 4.79 Å². The maximum absolute atomic E-state index is 10.3. The first-order chi connectivity index (χ1) is 7.88. The lowest BCUT2D eigenvalue weighted by molar-refractivity contribution is -0.105. The van der Waals surface area contributed by atoms with Gasteiger partial charge in [0.05, 0.1) is 17.6 Å². The first kappa shape index (κ1) is 9.35. The van der Waals surface area contributed by atoms with Crippen LogP contribution in [-0.2, 0) is 22.7 Å². The molecule has 0 atom stereocenters. The zero-order valence-corrected chi connectivity index (χ0v) is 8.64. The van der Waals surface area contributed by atoms with Crippen LogP contribution in [0.25, 0.3) is 11.0 Å². The van der Waals surface area contributed by atoms with Crippen molar-refractivity contribution in [3.05, 3.63) is 24.0 Å². The minimum atomic E-state index is 0.561. The minimum absolute atomic E-state index is 0.561. The first-order valence-corrected chi connectivity index (χ1v) is 5.15. The third-order valence-corrected chi connectivity index (χ3v) is 2.74. The Bertz CT molecular complexity index is 547. The summed E-state index contributed by atoms with van der Waals surface area (Å²) in [6, 6.07) is 5.72. The average Bonchev–Trinajstić information content (AvgIpc) is 2.67. The van der Waals surface area contributed by atoms with E-state index in [4.69, 9.17) is 4.74 Å². The molecule has 5 heteroatoms. The van der Waals surface area contributed by atoms with Crippen LogP contribution in [0.3, 0.4) is 0 Å². The lowest BCUT2D eigenvalue weighted by Gasteiger charge is -2.14. The molecule has 0 unspecified atom stereocenters. The molecule has 0 saturated carbocycles. The lowest BCUT2D eigenvalue weighted by Crippen LogP contribution is -2.16. The summed E-state index contributed by atoms with van der Waals surface area (Å²) in [5, 5.41) is 2.62. The van der Waals surface area contributed by atoms with Gasteiger partial charge in [-0.2, -0.15) is 0 Å². The van der Waals surface area contributed by atoms with E-state index in [0.717, 1.165) is 35.7 Å². The predicted molar refractivity (Wildman–Crippen MR) is 59.1 cm³/mol. The molecule has 0 spiro atoms. The van der Waals surface area contributed by atoms with Gasteiger partial charge in [0, 0.05) is 12.2 Å². The summed E-state index contributed by atoms with van der Waals surface area (Å²) >= 11 is 0. The highest BCUT2D eigenvalue weighted by molar-refractivity contribution is 5.83. The molecular formula is C11H11N3O2. The minimum Gasteiger partial charge on any atom is -0.372 e. The van der Waals surface area contributed by atoms with E-state index in [1.807, 2.05) is 18.2 Å². The molecule has 0 aliphatic carbocycles. The molecule has 5 nitrogen and oxygen atoms in total. The van der Waals surface area contributed by atoms with E-state index < -0.39 is 0 Å². The van der Waals surface area contributed by atoms with Crippen molar-refractivity contribution in [1.82, 2.24) is 9.55 Å². The van der Waals surface area contributed by atoms with E-state index in [0.29, 0.717) is 13.0 Å². The van der Waals surface area contributed by atoms with Crippen LogP contribution < -0.4 is 5.32 Å². The van der Waals surface area contributed by atoms with Gasteiger partial charge in [-0.25, -0.2) is 4.98 Å². The van der Waals surface area contributed by atoms with E-state index in [2.05, 4.69) is 14.9 Å². The molecule has 0 radical (unpaired) electrons. The number of imidazole rings is 1. The number of amides is 1. The first-order valence-electron chi connectivity index (χ1n) is 5.15. The quantitative estimate of drug-likeness (QED) is 0.767. The van der Waals surface area contributed by atoms with E-state index in [-0.39, 0.29) is 0 Å². The molecule has 1 N–H and O–H groups in total. The van der Waals surface area contributed by atoms with Crippen LogP contribution in [0.5, 0.6) is 0 Å². The Morgan fingerprint density at radius 3 is 3.31 bits per heavy atom. The molecule has 1 aromatic carbocycles. The van der Waals surface area contributed by atoms with Crippen LogP contribution in [0.15, 0.2) is 18.2 Å². The highest BCUT2D eigenvalue weighted by Crippen LogP contribution is 2.22. The van der Waals surface area contributed by atoms with Gasteiger partial charge in [-0.3, -0.25) is 4.79 Å². The second-order valence-corrected chi connectivity index (χ2v) is 3.70. The molecule has 2 heterocycles. The number of anilines is 1. The van der Waals surface area contributed by atoms with E-state index >= 15 is 0 Å². The summed E-state index contributed by atoms with van der Waals surface area (Å²) in [6.45, 7) is 2.13. The maximum Gasteiger partial charge on any atom is 0.211 e. The third kappa shape index (κ3) is 1.37. The fourth-order valence-electron chi connectivity index (χ4n) is 2.02. The van der Waals surface area contributed by atoms with Crippen LogP contribution in [0.2, 0.25) is 0 Å². The molecule has 0 fully saturated rings. The Morgan fingerprint density at radius 2 is 2.44 bits per heavy atom. The van der Waals surface area contributed by atoms with Crippen LogP contribution >= 0.6 is 0 Å². The third-order valence-electron chi connectivity index (χ3n) is 2.74. The number of nitrogens with one attached hydrogen (secondary N) is 1. The van der Waals surface area contributed by atoms with E-state index in [1.165, 1.54) is 0 Å². The molecule has 1 amide bonds. The number of carbonyl (C=O) groups excluding carboxylic acids is 1. The van der Waals surface area contributed by atoms with Crippen LogP contribution in [0.4, 0.5) is 5.69 Å². The fourth-order valence-corrected chi connectivity index (χ4v) is 2.02. The van der Waals surface area contributed by atoms with Crippen LogP contribution in [0.1, 0.15) is 5.82 Å². The van der Waals surface area contributed by atoms with Crippen molar-refractivity contribution in [2.45, 2.75) is 13.2 Å². The van der Waals surface area contributed by atoms with Crippen LogP contribution in [-0.4, -0.2) is 22.6 Å². The lowest BCUT2D eigenvalue weighted by atomic mass is 10.2. The summed E-state index contributed by atoms with van der Waals surface area (Å²) in [7, 11) is 0. The van der Waals surface area contributed by atoms with Gasteiger partial charge < -0.3 is 14.6 Å². The van der Waals surface area contributed by atoms with Gasteiger partial charge in [-0.15, -0.1) is 0 Å². The number of ether oxygens (including phenoxy) is 1. The van der Waals surface area contributed by atoms with Gasteiger partial charge in [0.15, 0.2) is 0 Å². The highest BCUT2D eigenvalue weighted by atomic mass is 16.5. The number of hydrogen-bond donors (Lipinski definition) is 1. The standard InChI is InChI=1S/C11H11N3O2/c15-7-12-8-1-2-10-9(5-8)13-11-6-16-4-3-14(10)11/h1-2,5,7H,3-4,6H2,(H,12,15). The normalized spacial score (nSPS) is 14.8. The molecular weight excluding hydrogens is 206 g/mol. The van der Waals surface area contributed by atoms with Crippen molar-refractivity contribution in [2.24, 2.45) is 0 Å². The van der Waals surface area contributed by atoms with Gasteiger partial charge in [0.1, 0.15) is 12.4 Å². The monoisotopic (exact) mass is 217 g/mol. The molecule has 1 aliphatic rings. The summed E-state index contributed by atoms with van der Waals surface area (Å²) in [6.07, 6.45) is 0.667. The van der Waals surface area contributed by atoms with Crippen molar-refractivity contribution >= 4 is 23.1 Å². The number of fused-ring (bicyclic) bond motifs is 3. The van der Waals surface area contributed by atoms with Gasteiger partial charge >= 0.3 is 0 Å². The molecule has 1 aliphatic heterocycles. The van der Waals surface area contributed by atoms with Crippen molar-refractivity contribution in [3.63, 3.8) is 0 Å². The van der Waals surface area contributed by atoms with Gasteiger partial charge in [0.2, 0.25) is 6.41 Å². The Balaban J connectivity index is 2.14. The molecule has 3 rings (SSSR count). The summed E-state index contributed by atoms with van der Waals surface area (Å²) in [4.78, 5) is 14.8. The molecule has 0 bridgehead atoms. The SMILES string of the molecule is O=CNc1ccc2c(c1)nc1n2CCOC1. The number of hydrogen-bond acceptors (Lipinski definition) is 3. The average molecular weight is 217 g/mol. The maximum atomic E-state index is 10.3. The number of carbonyl (C=O) groups is 1. The van der Waals surface area contributed by atoms with Crippen molar-refractivity contribution in [1.29, 1.82) is 0 Å². The second-order valence-electron chi connectivity index (χ2n) is 3.70. The smallest absolute Gasteiger partial charge is 0.211 e. The Morgan fingerprint density at radius 1 is 1.50 bits per heavy atom. The summed E-state index contributed by atoms with van der Waals surface area (Å²) in [5.41, 5.74) is 2.75. The summed E-state index contributed by atoms with van der Waals surface area (Å²) < 4.78 is 7.50. The zero-order chi connectivity index (χ0) is 11.0. The highest BCUT2D eigenvalue weighted by Gasteiger charge is 2.14. The van der Waals surface area contributed by atoms with Gasteiger partial charge in [0.25, 0.3) is 0 Å². The molecule has 2 aromatic rings. The number of aromatic nitrogens is 2. The molecule has 0 saturated heterocycles. The van der Waals surface area contributed by atoms with Gasteiger partial charge in [-0.1, -0.05) is 0 Å². The largest absolute Gasteiger partial charge is 0.372 e. The molecule has 82 valence electrons. The molecule has 16 heavy (non-hydrogen) atoms. The predicted octanol–water partition coefficient (Wildman–Crippen LogP) is 1.13. The number of benzene rings is 1. The summed E-state index contributed by atoms with van der Waals surface area (Å²) in [5.74, 6) is 0.949. The number of nitrogens with zero attached hydrogens (tertiary/aromatic N) is 2. The van der Waals surface area contributed by atoms with Crippen LogP contribution in [0, 0.1) is 0 Å². The molecule has 1 aromatic heterocycles. The van der Waals surface area contributed by atoms with E-state index in [1.54, 1.807) is 0 Å². The number of rotatable bonds is 2. The Kier molecular flexibility index (Phi) is 2.11. The topological polar surface area (TPSA) is 56.2 Å². The zero-order valence-electron chi connectivity index (χ0n) is 8.64. The fraction of sp³-hybridized carbons (Fsp3) is 0.273. The van der Waals surface area contributed by atoms with Gasteiger partial charge in [-0.05, 0) is 18.2 Å². The second kappa shape index (κ2) is 3.61.